The van der Waals surface area contributed by atoms with Gasteiger partial charge in [0.2, 0.25) is 0 Å². The van der Waals surface area contributed by atoms with Crippen molar-refractivity contribution in [3.8, 4) is 11.8 Å². The number of aromatic nitrogens is 1. The Morgan fingerprint density at radius 1 is 1.06 bits per heavy atom. The Labute approximate surface area is 194 Å². The first-order valence-corrected chi connectivity index (χ1v) is 11.5. The third-order valence-corrected chi connectivity index (χ3v) is 5.99. The second-order valence-electron chi connectivity index (χ2n) is 8.10. The van der Waals surface area contributed by atoms with Gasteiger partial charge >= 0.3 is 0 Å². The number of aliphatic imine (C=N–C) groups is 1. The van der Waals surface area contributed by atoms with Crippen LogP contribution < -0.4 is 11.5 Å². The van der Waals surface area contributed by atoms with Crippen LogP contribution in [0.1, 0.15) is 42.4 Å². The van der Waals surface area contributed by atoms with Crippen molar-refractivity contribution in [2.24, 2.45) is 10.7 Å². The second kappa shape index (κ2) is 10.5. The van der Waals surface area contributed by atoms with E-state index in [9.17, 15) is 0 Å². The molecule has 3 aromatic rings. The fraction of sp³-hybridized carbons (Fsp3) is 0.308. The third-order valence-electron chi connectivity index (χ3n) is 5.76. The summed E-state index contributed by atoms with van der Waals surface area (Å²) in [6, 6.07) is 13.4. The zero-order valence-corrected chi connectivity index (χ0v) is 18.9. The van der Waals surface area contributed by atoms with Gasteiger partial charge in [0.15, 0.2) is 0 Å². The molecular formula is C26H28ClN5. The van der Waals surface area contributed by atoms with Crippen LogP contribution in [0.2, 0.25) is 5.02 Å². The summed E-state index contributed by atoms with van der Waals surface area (Å²) in [7, 11) is 0. The molecule has 1 aromatic heterocycles. The Hall–Kier alpha value is -3.07. The first-order chi connectivity index (χ1) is 15.6. The van der Waals surface area contributed by atoms with E-state index >= 15 is 0 Å². The summed E-state index contributed by atoms with van der Waals surface area (Å²) in [6.07, 6.45) is 6.77. The number of nitrogens with two attached hydrogens (primary N) is 2. The molecule has 2 aromatic carbocycles. The van der Waals surface area contributed by atoms with E-state index in [-0.39, 0.29) is 0 Å². The highest BCUT2D eigenvalue weighted by Gasteiger charge is 2.09. The standard InChI is InChI=1S/C26H28ClN5/c27-22-11-10-21-18-31-26(29)23(24(21)17-22)12-7-19-5-8-20(9-6-19)25(28)30-13-4-16-32-14-2-1-3-15-32/h5-6,8-11,17-18H,1-4,13-16H2,(H2,28,30)(H2,29,31). The quantitative estimate of drug-likeness (QED) is 0.263. The average Bonchev–Trinajstić information content (AvgIpc) is 2.82. The molecule has 1 fully saturated rings. The molecule has 0 unspecified atom stereocenters. The minimum absolute atomic E-state index is 0.393. The highest BCUT2D eigenvalue weighted by Crippen LogP contribution is 2.24. The van der Waals surface area contributed by atoms with Crippen molar-refractivity contribution in [2.45, 2.75) is 25.7 Å². The molecule has 164 valence electrons. The van der Waals surface area contributed by atoms with Gasteiger partial charge in [-0.05, 0) is 63.2 Å². The summed E-state index contributed by atoms with van der Waals surface area (Å²) < 4.78 is 0. The summed E-state index contributed by atoms with van der Waals surface area (Å²) >= 11 is 6.16. The molecule has 4 N–H and O–H groups in total. The van der Waals surface area contributed by atoms with Gasteiger partial charge in [0.25, 0.3) is 0 Å². The predicted octanol–water partition coefficient (Wildman–Crippen LogP) is 4.45. The molecule has 1 aliphatic rings. The molecule has 1 saturated heterocycles. The Morgan fingerprint density at radius 3 is 2.62 bits per heavy atom. The maximum Gasteiger partial charge on any atom is 0.139 e. The molecular weight excluding hydrogens is 418 g/mol. The van der Waals surface area contributed by atoms with Gasteiger partial charge in [-0.2, -0.15) is 0 Å². The number of piperidine rings is 1. The molecule has 0 radical (unpaired) electrons. The molecule has 2 heterocycles. The summed E-state index contributed by atoms with van der Waals surface area (Å²) in [6.45, 7) is 4.28. The number of benzene rings is 2. The van der Waals surface area contributed by atoms with Gasteiger partial charge in [-0.15, -0.1) is 0 Å². The first-order valence-electron chi connectivity index (χ1n) is 11.1. The maximum atomic E-state index is 6.19. The minimum atomic E-state index is 0.393. The van der Waals surface area contributed by atoms with Crippen LogP contribution in [-0.2, 0) is 0 Å². The van der Waals surface area contributed by atoms with E-state index in [0.29, 0.717) is 22.2 Å². The number of hydrogen-bond donors (Lipinski definition) is 2. The van der Waals surface area contributed by atoms with Gasteiger partial charge in [0, 0.05) is 39.7 Å². The normalized spacial score (nSPS) is 14.8. The second-order valence-corrected chi connectivity index (χ2v) is 8.54. The van der Waals surface area contributed by atoms with Crippen molar-refractivity contribution in [1.29, 1.82) is 0 Å². The molecule has 32 heavy (non-hydrogen) atoms. The van der Waals surface area contributed by atoms with Gasteiger partial charge in [0.05, 0.1) is 5.56 Å². The number of rotatable bonds is 5. The van der Waals surface area contributed by atoms with E-state index in [1.54, 1.807) is 6.20 Å². The fourth-order valence-electron chi connectivity index (χ4n) is 3.96. The number of amidine groups is 1. The van der Waals surface area contributed by atoms with Gasteiger partial charge in [-0.25, -0.2) is 4.98 Å². The average molecular weight is 446 g/mol. The van der Waals surface area contributed by atoms with Crippen LogP contribution in [0.3, 0.4) is 0 Å². The third kappa shape index (κ3) is 5.59. The van der Waals surface area contributed by atoms with Crippen LogP contribution in [0, 0.1) is 11.8 Å². The van der Waals surface area contributed by atoms with E-state index in [4.69, 9.17) is 23.1 Å². The largest absolute Gasteiger partial charge is 0.384 e. The Balaban J connectivity index is 1.41. The van der Waals surface area contributed by atoms with Crippen molar-refractivity contribution >= 4 is 34.0 Å². The van der Waals surface area contributed by atoms with E-state index < -0.39 is 0 Å². The fourth-order valence-corrected chi connectivity index (χ4v) is 4.13. The molecule has 4 rings (SSSR count). The van der Waals surface area contributed by atoms with Crippen LogP contribution in [0.5, 0.6) is 0 Å². The van der Waals surface area contributed by atoms with Gasteiger partial charge in [-0.1, -0.05) is 48.1 Å². The number of nitrogens with zero attached hydrogens (tertiary/aromatic N) is 3. The summed E-state index contributed by atoms with van der Waals surface area (Å²) in [5, 5.41) is 2.49. The lowest BCUT2D eigenvalue weighted by Crippen LogP contribution is -2.31. The van der Waals surface area contributed by atoms with Crippen LogP contribution in [0.25, 0.3) is 10.8 Å². The Bertz CT molecular complexity index is 1160. The molecule has 0 aliphatic carbocycles. The van der Waals surface area contributed by atoms with Crippen molar-refractivity contribution in [3.05, 3.63) is 70.4 Å². The number of pyridine rings is 1. The molecule has 6 heteroatoms. The molecule has 5 nitrogen and oxygen atoms in total. The van der Waals surface area contributed by atoms with Crippen molar-refractivity contribution in [1.82, 2.24) is 9.88 Å². The summed E-state index contributed by atoms with van der Waals surface area (Å²) in [5.41, 5.74) is 14.7. The SMILES string of the molecule is NC(=NCCCN1CCCCC1)c1ccc(C#Cc2c(N)ncc3ccc(Cl)cc23)cc1. The van der Waals surface area contributed by atoms with Crippen molar-refractivity contribution < 1.29 is 0 Å². The van der Waals surface area contributed by atoms with E-state index in [1.807, 2.05) is 42.5 Å². The lowest BCUT2D eigenvalue weighted by molar-refractivity contribution is 0.228. The molecule has 0 saturated carbocycles. The zero-order valence-electron chi connectivity index (χ0n) is 18.1. The van der Waals surface area contributed by atoms with E-state index in [1.165, 1.54) is 32.4 Å². The number of anilines is 1. The topological polar surface area (TPSA) is 80.5 Å². The van der Waals surface area contributed by atoms with Gasteiger partial charge in [-0.3, -0.25) is 4.99 Å². The van der Waals surface area contributed by atoms with Gasteiger partial charge < -0.3 is 16.4 Å². The number of hydrogen-bond acceptors (Lipinski definition) is 4. The number of likely N-dealkylation sites (tertiary alicyclic amines) is 1. The number of nitrogen functional groups attached to an aromatic ring is 1. The predicted molar refractivity (Wildman–Crippen MR) is 134 cm³/mol. The molecule has 0 spiro atoms. The molecule has 0 bridgehead atoms. The molecule has 1 aliphatic heterocycles. The first kappa shape index (κ1) is 22.1. The van der Waals surface area contributed by atoms with Crippen LogP contribution >= 0.6 is 11.6 Å². The smallest absolute Gasteiger partial charge is 0.139 e. The van der Waals surface area contributed by atoms with Crippen LogP contribution in [0.4, 0.5) is 5.82 Å². The number of fused-ring (bicyclic) bond motifs is 1. The van der Waals surface area contributed by atoms with E-state index in [0.717, 1.165) is 41.4 Å². The lowest BCUT2D eigenvalue weighted by Gasteiger charge is -2.25. The van der Waals surface area contributed by atoms with E-state index in [2.05, 4.69) is 26.7 Å². The monoisotopic (exact) mass is 445 g/mol. The molecule has 0 atom stereocenters. The highest BCUT2D eigenvalue weighted by atomic mass is 35.5. The molecule has 0 amide bonds. The van der Waals surface area contributed by atoms with Crippen LogP contribution in [-0.4, -0.2) is 41.9 Å². The Morgan fingerprint density at radius 2 is 1.84 bits per heavy atom. The van der Waals surface area contributed by atoms with Crippen molar-refractivity contribution in [3.63, 3.8) is 0 Å². The lowest BCUT2D eigenvalue weighted by atomic mass is 10.1. The van der Waals surface area contributed by atoms with Gasteiger partial charge in [0.1, 0.15) is 11.7 Å². The van der Waals surface area contributed by atoms with Crippen LogP contribution in [0.15, 0.2) is 53.7 Å². The van der Waals surface area contributed by atoms with Crippen molar-refractivity contribution in [2.75, 3.05) is 31.9 Å². The maximum absolute atomic E-state index is 6.19. The summed E-state index contributed by atoms with van der Waals surface area (Å²) in [4.78, 5) is 11.3. The number of halogens is 1. The zero-order chi connectivity index (χ0) is 22.3. The Kier molecular flexibility index (Phi) is 7.26. The minimum Gasteiger partial charge on any atom is -0.384 e. The summed E-state index contributed by atoms with van der Waals surface area (Å²) in [5.74, 6) is 7.29. The highest BCUT2D eigenvalue weighted by molar-refractivity contribution is 6.31.